The van der Waals surface area contributed by atoms with E-state index in [1.165, 1.54) is 4.31 Å². The average molecular weight is 236 g/mol. The fourth-order valence-corrected chi connectivity index (χ4v) is 3.49. The molecule has 1 N–H and O–H groups in total. The molecule has 5 nitrogen and oxygen atoms in total. The maximum Gasteiger partial charge on any atom is 0.218 e. The van der Waals surface area contributed by atoms with E-state index in [2.05, 4.69) is 5.32 Å². The molecule has 0 radical (unpaired) electrons. The zero-order chi connectivity index (χ0) is 11.5. The number of likely N-dealkylation sites (N-methyl/N-ethyl adjacent to an activating group) is 1. The van der Waals surface area contributed by atoms with Gasteiger partial charge in [-0.1, -0.05) is 0 Å². The highest BCUT2D eigenvalue weighted by Crippen LogP contribution is 2.16. The molecule has 1 rings (SSSR count). The molecule has 0 spiro atoms. The van der Waals surface area contributed by atoms with E-state index in [0.29, 0.717) is 19.6 Å². The minimum Gasteiger partial charge on any atom is -0.383 e. The molecule has 0 bridgehead atoms. The molecule has 15 heavy (non-hydrogen) atoms. The predicted octanol–water partition coefficient (Wildman–Crippen LogP) is -0.355. The molecule has 1 aliphatic rings. The normalized spacial score (nSPS) is 24.7. The molecule has 1 saturated heterocycles. The molecule has 90 valence electrons. The SMILES string of the molecule is COCC(C)N(C)S(=O)(=O)C1CCNC1. The first-order valence-electron chi connectivity index (χ1n) is 5.16. The van der Waals surface area contributed by atoms with E-state index in [9.17, 15) is 8.42 Å². The van der Waals surface area contributed by atoms with Crippen molar-refractivity contribution in [3.8, 4) is 0 Å². The van der Waals surface area contributed by atoms with Gasteiger partial charge in [-0.05, 0) is 19.9 Å². The maximum absolute atomic E-state index is 12.1. The molecular formula is C9H20N2O3S. The smallest absolute Gasteiger partial charge is 0.218 e. The van der Waals surface area contributed by atoms with Crippen LogP contribution in [0.5, 0.6) is 0 Å². The monoisotopic (exact) mass is 236 g/mol. The number of nitrogens with zero attached hydrogens (tertiary/aromatic N) is 1. The molecule has 2 atom stereocenters. The summed E-state index contributed by atoms with van der Waals surface area (Å²) in [6.07, 6.45) is 0.701. The van der Waals surface area contributed by atoms with Gasteiger partial charge in [0, 0.05) is 26.7 Å². The van der Waals surface area contributed by atoms with Crippen molar-refractivity contribution in [3.63, 3.8) is 0 Å². The van der Waals surface area contributed by atoms with Crippen LogP contribution in [0.15, 0.2) is 0 Å². The molecule has 1 fully saturated rings. The third-order valence-electron chi connectivity index (χ3n) is 2.87. The molecule has 0 aromatic heterocycles. The van der Waals surface area contributed by atoms with E-state index >= 15 is 0 Å². The van der Waals surface area contributed by atoms with E-state index in [1.807, 2.05) is 6.92 Å². The standard InChI is InChI=1S/C9H20N2O3S/c1-8(7-14-3)11(2)15(12,13)9-4-5-10-6-9/h8-10H,4-7H2,1-3H3. The van der Waals surface area contributed by atoms with Crippen molar-refractivity contribution in [2.45, 2.75) is 24.6 Å². The first kappa shape index (κ1) is 12.9. The van der Waals surface area contributed by atoms with E-state index < -0.39 is 10.0 Å². The predicted molar refractivity (Wildman–Crippen MR) is 59.3 cm³/mol. The van der Waals surface area contributed by atoms with Crippen LogP contribution in [0.4, 0.5) is 0 Å². The van der Waals surface area contributed by atoms with E-state index in [4.69, 9.17) is 4.74 Å². The number of rotatable bonds is 5. The molecule has 0 aliphatic carbocycles. The van der Waals surface area contributed by atoms with Gasteiger partial charge in [0.05, 0.1) is 11.9 Å². The lowest BCUT2D eigenvalue weighted by Crippen LogP contribution is -2.43. The zero-order valence-electron chi connectivity index (χ0n) is 9.56. The van der Waals surface area contributed by atoms with Crippen LogP contribution in [0, 0.1) is 0 Å². The van der Waals surface area contributed by atoms with E-state index in [1.54, 1.807) is 14.2 Å². The Hall–Kier alpha value is -0.170. The van der Waals surface area contributed by atoms with Crippen LogP contribution in [0.25, 0.3) is 0 Å². The average Bonchev–Trinajstić information content (AvgIpc) is 2.70. The number of nitrogens with one attached hydrogen (secondary N) is 1. The molecular weight excluding hydrogens is 216 g/mol. The number of methoxy groups -OCH3 is 1. The summed E-state index contributed by atoms with van der Waals surface area (Å²) in [7, 11) is 0.0305. The Kier molecular flexibility index (Phi) is 4.51. The number of ether oxygens (including phenoxy) is 1. The first-order valence-corrected chi connectivity index (χ1v) is 6.67. The Morgan fingerprint density at radius 2 is 2.27 bits per heavy atom. The zero-order valence-corrected chi connectivity index (χ0v) is 10.4. The van der Waals surface area contributed by atoms with E-state index in [0.717, 1.165) is 6.54 Å². The van der Waals surface area contributed by atoms with Crippen molar-refractivity contribution in [1.29, 1.82) is 0 Å². The van der Waals surface area contributed by atoms with Gasteiger partial charge < -0.3 is 10.1 Å². The van der Waals surface area contributed by atoms with Crippen LogP contribution in [0.2, 0.25) is 0 Å². The van der Waals surface area contributed by atoms with Crippen molar-refractivity contribution in [1.82, 2.24) is 9.62 Å². The maximum atomic E-state index is 12.1. The lowest BCUT2D eigenvalue weighted by atomic mass is 10.4. The van der Waals surface area contributed by atoms with Crippen LogP contribution in [-0.2, 0) is 14.8 Å². The second-order valence-electron chi connectivity index (χ2n) is 3.98. The van der Waals surface area contributed by atoms with Crippen LogP contribution >= 0.6 is 0 Å². The van der Waals surface area contributed by atoms with Crippen LogP contribution in [-0.4, -0.2) is 57.9 Å². The Balaban J connectivity index is 2.67. The molecule has 1 heterocycles. The van der Waals surface area contributed by atoms with Gasteiger partial charge in [-0.15, -0.1) is 0 Å². The summed E-state index contributed by atoms with van der Waals surface area (Å²) in [5.74, 6) is 0. The summed E-state index contributed by atoms with van der Waals surface area (Å²) in [5, 5.41) is 2.79. The van der Waals surface area contributed by atoms with Gasteiger partial charge in [-0.2, -0.15) is 4.31 Å². The van der Waals surface area contributed by atoms with Gasteiger partial charge in [-0.3, -0.25) is 0 Å². The molecule has 2 unspecified atom stereocenters. The quantitative estimate of drug-likeness (QED) is 0.708. The van der Waals surface area contributed by atoms with Gasteiger partial charge in [0.1, 0.15) is 0 Å². The Labute approximate surface area is 91.8 Å². The summed E-state index contributed by atoms with van der Waals surface area (Å²) < 4.78 is 30.5. The number of hydrogen-bond donors (Lipinski definition) is 1. The molecule has 0 aromatic carbocycles. The summed E-state index contributed by atoms with van der Waals surface area (Å²) in [4.78, 5) is 0. The second-order valence-corrected chi connectivity index (χ2v) is 6.25. The molecule has 0 saturated carbocycles. The third-order valence-corrected chi connectivity index (χ3v) is 5.27. The van der Waals surface area contributed by atoms with Gasteiger partial charge in [-0.25, -0.2) is 8.42 Å². The topological polar surface area (TPSA) is 58.6 Å². The highest BCUT2D eigenvalue weighted by Gasteiger charge is 2.34. The van der Waals surface area contributed by atoms with Crippen LogP contribution in [0.3, 0.4) is 0 Å². The van der Waals surface area contributed by atoms with Crippen molar-refractivity contribution in [3.05, 3.63) is 0 Å². The Morgan fingerprint density at radius 1 is 1.60 bits per heavy atom. The number of sulfonamides is 1. The minimum atomic E-state index is -3.17. The fraction of sp³-hybridized carbons (Fsp3) is 1.00. The fourth-order valence-electron chi connectivity index (χ4n) is 1.71. The second kappa shape index (κ2) is 5.25. The van der Waals surface area contributed by atoms with Gasteiger partial charge in [0.2, 0.25) is 10.0 Å². The highest BCUT2D eigenvalue weighted by atomic mass is 32.2. The summed E-state index contributed by atoms with van der Waals surface area (Å²) >= 11 is 0. The van der Waals surface area contributed by atoms with E-state index in [-0.39, 0.29) is 11.3 Å². The summed E-state index contributed by atoms with van der Waals surface area (Å²) in [6, 6.07) is -0.111. The van der Waals surface area contributed by atoms with Crippen molar-refractivity contribution < 1.29 is 13.2 Å². The highest BCUT2D eigenvalue weighted by molar-refractivity contribution is 7.89. The lowest BCUT2D eigenvalue weighted by molar-refractivity contribution is 0.149. The Bertz CT molecular complexity index is 286. The molecule has 0 amide bonds. The van der Waals surface area contributed by atoms with Crippen molar-refractivity contribution >= 4 is 10.0 Å². The summed E-state index contributed by atoms with van der Waals surface area (Å²) in [5.41, 5.74) is 0. The van der Waals surface area contributed by atoms with Crippen molar-refractivity contribution in [2.24, 2.45) is 0 Å². The number of hydrogen-bond acceptors (Lipinski definition) is 4. The van der Waals surface area contributed by atoms with Crippen LogP contribution < -0.4 is 5.32 Å². The summed E-state index contributed by atoms with van der Waals surface area (Å²) in [6.45, 7) is 3.63. The Morgan fingerprint density at radius 3 is 2.73 bits per heavy atom. The minimum absolute atomic E-state index is 0.111. The van der Waals surface area contributed by atoms with Gasteiger partial charge in [0.25, 0.3) is 0 Å². The molecule has 6 heteroatoms. The van der Waals surface area contributed by atoms with Gasteiger partial charge in [0.15, 0.2) is 0 Å². The molecule has 0 aromatic rings. The largest absolute Gasteiger partial charge is 0.383 e. The van der Waals surface area contributed by atoms with Crippen LogP contribution in [0.1, 0.15) is 13.3 Å². The lowest BCUT2D eigenvalue weighted by Gasteiger charge is -2.26. The molecule has 1 aliphatic heterocycles. The first-order chi connectivity index (χ1) is 7.00. The van der Waals surface area contributed by atoms with Gasteiger partial charge >= 0.3 is 0 Å². The third kappa shape index (κ3) is 2.90. The van der Waals surface area contributed by atoms with Crippen molar-refractivity contribution in [2.75, 3.05) is 33.9 Å².